The molecule has 130 valence electrons. The summed E-state index contributed by atoms with van der Waals surface area (Å²) >= 11 is 0. The van der Waals surface area contributed by atoms with E-state index in [4.69, 9.17) is 0 Å². The predicted molar refractivity (Wildman–Crippen MR) is 102 cm³/mol. The Kier molecular flexibility index (Phi) is 4.12. The normalized spacial score (nSPS) is 10.9. The third-order valence-electron chi connectivity index (χ3n) is 4.43. The van der Waals surface area contributed by atoms with Crippen LogP contribution in [-0.4, -0.2) is 29.1 Å². The second-order valence-electron chi connectivity index (χ2n) is 6.47. The fraction of sp³-hybridized carbons (Fsp3) is 0.263. The molecular weight excluding hydrogens is 316 g/mol. The van der Waals surface area contributed by atoms with Crippen molar-refractivity contribution in [1.82, 2.24) is 9.13 Å². The Balaban J connectivity index is 2.09. The number of anilines is 2. The monoisotopic (exact) mass is 338 g/mol. The van der Waals surface area contributed by atoms with Crippen molar-refractivity contribution in [3.05, 3.63) is 58.0 Å². The zero-order valence-corrected chi connectivity index (χ0v) is 15.1. The van der Waals surface area contributed by atoms with Crippen molar-refractivity contribution in [3.8, 4) is 0 Å². The molecule has 3 aromatic rings. The van der Waals surface area contributed by atoms with Gasteiger partial charge in [0.1, 0.15) is 0 Å². The van der Waals surface area contributed by atoms with Gasteiger partial charge in [-0.1, -0.05) is 17.7 Å². The lowest BCUT2D eigenvalue weighted by molar-refractivity contribution is 0.102. The van der Waals surface area contributed by atoms with Crippen molar-refractivity contribution >= 4 is 28.3 Å². The summed E-state index contributed by atoms with van der Waals surface area (Å²) in [5, 5.41) is 2.97. The number of fused-ring (bicyclic) bond motifs is 1. The van der Waals surface area contributed by atoms with Crippen LogP contribution < -0.4 is 15.9 Å². The Hall–Kier alpha value is -3.02. The lowest BCUT2D eigenvalue weighted by Gasteiger charge is -2.19. The van der Waals surface area contributed by atoms with Gasteiger partial charge in [-0.15, -0.1) is 0 Å². The largest absolute Gasteiger partial charge is 0.376 e. The smallest absolute Gasteiger partial charge is 0.328 e. The molecule has 25 heavy (non-hydrogen) atoms. The molecular formula is C19H22N4O2. The summed E-state index contributed by atoms with van der Waals surface area (Å²) in [7, 11) is 7.29. The summed E-state index contributed by atoms with van der Waals surface area (Å²) in [6.07, 6.45) is 0. The maximum atomic E-state index is 12.6. The number of amides is 1. The van der Waals surface area contributed by atoms with Crippen LogP contribution >= 0.6 is 0 Å². The number of carbonyl (C=O) groups is 1. The summed E-state index contributed by atoms with van der Waals surface area (Å²) in [5.41, 5.74) is 4.71. The van der Waals surface area contributed by atoms with Gasteiger partial charge >= 0.3 is 5.69 Å². The predicted octanol–water partition coefficient (Wildman–Crippen LogP) is 2.50. The highest BCUT2D eigenvalue weighted by molar-refractivity contribution is 6.07. The maximum absolute atomic E-state index is 12.6. The molecule has 0 unspecified atom stereocenters. The second kappa shape index (κ2) is 6.12. The second-order valence-corrected chi connectivity index (χ2v) is 6.47. The first kappa shape index (κ1) is 16.8. The van der Waals surface area contributed by atoms with Crippen molar-refractivity contribution in [3.63, 3.8) is 0 Å². The van der Waals surface area contributed by atoms with Crippen LogP contribution in [0.3, 0.4) is 0 Å². The highest BCUT2D eigenvalue weighted by Crippen LogP contribution is 2.30. The van der Waals surface area contributed by atoms with Gasteiger partial charge in [-0.05, 0) is 31.2 Å². The van der Waals surface area contributed by atoms with E-state index in [1.165, 1.54) is 0 Å². The van der Waals surface area contributed by atoms with Gasteiger partial charge in [0, 0.05) is 33.8 Å². The molecule has 0 aliphatic rings. The number of hydrogen-bond donors (Lipinski definition) is 1. The van der Waals surface area contributed by atoms with Crippen LogP contribution in [0.5, 0.6) is 0 Å². The molecule has 0 aliphatic heterocycles. The summed E-state index contributed by atoms with van der Waals surface area (Å²) < 4.78 is 3.18. The molecule has 1 heterocycles. The third-order valence-corrected chi connectivity index (χ3v) is 4.43. The van der Waals surface area contributed by atoms with Crippen LogP contribution in [0.1, 0.15) is 15.9 Å². The van der Waals surface area contributed by atoms with E-state index in [1.807, 2.05) is 50.2 Å². The van der Waals surface area contributed by atoms with E-state index in [2.05, 4.69) is 5.32 Å². The van der Waals surface area contributed by atoms with E-state index in [-0.39, 0.29) is 11.6 Å². The van der Waals surface area contributed by atoms with Gasteiger partial charge in [-0.3, -0.25) is 13.9 Å². The van der Waals surface area contributed by atoms with Crippen molar-refractivity contribution in [1.29, 1.82) is 0 Å². The molecule has 0 fully saturated rings. The highest BCUT2D eigenvalue weighted by Gasteiger charge is 2.16. The Morgan fingerprint density at radius 1 is 1.00 bits per heavy atom. The Morgan fingerprint density at radius 2 is 1.56 bits per heavy atom. The molecule has 0 aliphatic carbocycles. The first-order valence-corrected chi connectivity index (χ1v) is 8.04. The van der Waals surface area contributed by atoms with Crippen LogP contribution in [0, 0.1) is 6.92 Å². The van der Waals surface area contributed by atoms with Crippen LogP contribution in [0.25, 0.3) is 11.0 Å². The number of carbonyl (C=O) groups excluding carboxylic acids is 1. The maximum Gasteiger partial charge on any atom is 0.328 e. The Bertz CT molecular complexity index is 1010. The standard InChI is InChI=1S/C19H22N4O2/c1-12-6-8-13(9-7-12)18(24)20-14-10-16-17(11-15(14)21(2)3)23(5)19(25)22(16)4/h6-11H,1-5H3,(H,20,24). The number of aromatic nitrogens is 2. The number of benzene rings is 2. The van der Waals surface area contributed by atoms with Crippen LogP contribution in [0.15, 0.2) is 41.2 Å². The minimum Gasteiger partial charge on any atom is -0.376 e. The number of imidazole rings is 1. The van der Waals surface area contributed by atoms with E-state index in [0.29, 0.717) is 11.3 Å². The molecule has 0 radical (unpaired) electrons. The van der Waals surface area contributed by atoms with Crippen LogP contribution in [0.2, 0.25) is 0 Å². The summed E-state index contributed by atoms with van der Waals surface area (Å²) in [6, 6.07) is 11.2. The fourth-order valence-electron chi connectivity index (χ4n) is 2.90. The first-order chi connectivity index (χ1) is 11.8. The molecule has 3 rings (SSSR count). The summed E-state index contributed by atoms with van der Waals surface area (Å²) in [5.74, 6) is -0.177. The molecule has 0 atom stereocenters. The molecule has 0 spiro atoms. The van der Waals surface area contributed by atoms with Gasteiger partial charge < -0.3 is 10.2 Å². The molecule has 6 nitrogen and oxygen atoms in total. The van der Waals surface area contributed by atoms with Crippen molar-refractivity contribution in [2.45, 2.75) is 6.92 Å². The summed E-state index contributed by atoms with van der Waals surface area (Å²) in [6.45, 7) is 1.98. The third kappa shape index (κ3) is 2.91. The SMILES string of the molecule is Cc1ccc(C(=O)Nc2cc3c(cc2N(C)C)n(C)c(=O)n3C)cc1. The van der Waals surface area contributed by atoms with E-state index >= 15 is 0 Å². The fourth-order valence-corrected chi connectivity index (χ4v) is 2.90. The van der Waals surface area contributed by atoms with Crippen LogP contribution in [-0.2, 0) is 14.1 Å². The van der Waals surface area contributed by atoms with Crippen molar-refractivity contribution in [2.75, 3.05) is 24.3 Å². The van der Waals surface area contributed by atoms with Gasteiger partial charge in [0.15, 0.2) is 0 Å². The minimum absolute atomic E-state index is 0.0956. The number of hydrogen-bond acceptors (Lipinski definition) is 3. The highest BCUT2D eigenvalue weighted by atomic mass is 16.2. The van der Waals surface area contributed by atoms with E-state index in [0.717, 1.165) is 22.3 Å². The zero-order valence-electron chi connectivity index (χ0n) is 15.1. The zero-order chi connectivity index (χ0) is 18.3. The Morgan fingerprint density at radius 3 is 2.12 bits per heavy atom. The minimum atomic E-state index is -0.177. The van der Waals surface area contributed by atoms with E-state index < -0.39 is 0 Å². The molecule has 0 bridgehead atoms. The van der Waals surface area contributed by atoms with Crippen molar-refractivity contribution in [2.24, 2.45) is 14.1 Å². The molecule has 2 aromatic carbocycles. The average Bonchev–Trinajstić information content (AvgIpc) is 2.79. The molecule has 0 saturated heterocycles. The number of aryl methyl sites for hydroxylation is 3. The first-order valence-electron chi connectivity index (χ1n) is 8.04. The summed E-state index contributed by atoms with van der Waals surface area (Å²) in [4.78, 5) is 26.7. The number of nitrogens with zero attached hydrogens (tertiary/aromatic N) is 3. The topological polar surface area (TPSA) is 59.3 Å². The van der Waals surface area contributed by atoms with Gasteiger partial charge in [-0.2, -0.15) is 0 Å². The van der Waals surface area contributed by atoms with Gasteiger partial charge in [-0.25, -0.2) is 4.79 Å². The quantitative estimate of drug-likeness (QED) is 0.798. The lowest BCUT2D eigenvalue weighted by Crippen LogP contribution is -2.19. The Labute approximate surface area is 146 Å². The number of nitrogens with one attached hydrogen (secondary N) is 1. The van der Waals surface area contributed by atoms with Crippen molar-refractivity contribution < 1.29 is 4.79 Å². The molecule has 1 amide bonds. The van der Waals surface area contributed by atoms with E-state index in [1.54, 1.807) is 35.4 Å². The van der Waals surface area contributed by atoms with Gasteiger partial charge in [0.2, 0.25) is 0 Å². The van der Waals surface area contributed by atoms with Gasteiger partial charge in [0.25, 0.3) is 5.91 Å². The molecule has 1 aromatic heterocycles. The number of rotatable bonds is 3. The van der Waals surface area contributed by atoms with Crippen LogP contribution in [0.4, 0.5) is 11.4 Å². The molecule has 0 saturated carbocycles. The molecule has 6 heteroatoms. The lowest BCUT2D eigenvalue weighted by atomic mass is 10.1. The van der Waals surface area contributed by atoms with Gasteiger partial charge in [0.05, 0.1) is 22.4 Å². The molecule has 1 N–H and O–H groups in total. The average molecular weight is 338 g/mol. The van der Waals surface area contributed by atoms with E-state index in [9.17, 15) is 9.59 Å².